The molecule has 0 saturated carbocycles. The summed E-state index contributed by atoms with van der Waals surface area (Å²) in [5, 5.41) is 22.0. The molecular formula is C32H49N9O9. The average molecular weight is 704 g/mol. The van der Waals surface area contributed by atoms with Crippen LogP contribution >= 0.6 is 0 Å². The second-order valence-electron chi connectivity index (χ2n) is 12.7. The maximum absolute atomic E-state index is 13.3. The molecule has 1 aliphatic heterocycles. The smallest absolute Gasteiger partial charge is 0.243 e. The molecule has 0 spiro atoms. The Bertz CT molecular complexity index is 1420. The molecule has 0 aliphatic carbocycles. The number of carbonyl (C=O) groups is 8. The zero-order valence-corrected chi connectivity index (χ0v) is 28.7. The zero-order valence-electron chi connectivity index (χ0n) is 28.7. The van der Waals surface area contributed by atoms with E-state index in [0.717, 1.165) is 0 Å². The quantitative estimate of drug-likeness (QED) is 0.0736. The van der Waals surface area contributed by atoms with Crippen LogP contribution in [-0.4, -0.2) is 107 Å². The van der Waals surface area contributed by atoms with Crippen molar-refractivity contribution in [2.24, 2.45) is 23.1 Å². The number of benzene rings is 1. The van der Waals surface area contributed by atoms with Crippen LogP contribution in [0.15, 0.2) is 24.3 Å². The Kier molecular flexibility index (Phi) is 15.6. The molecule has 0 radical (unpaired) electrons. The first-order valence-corrected chi connectivity index (χ1v) is 16.3. The van der Waals surface area contributed by atoms with E-state index in [9.17, 15) is 43.5 Å². The summed E-state index contributed by atoms with van der Waals surface area (Å²) in [6, 6.07) is -0.831. The summed E-state index contributed by atoms with van der Waals surface area (Å²) in [5.41, 5.74) is 16.8. The number of hydrogen-bond donors (Lipinski definition) is 9. The standard InChI is InChI=1S/C32H49N9O9/c1-16(2)12-21(30(48)37-18(4)27(35)45)40-32(50)24-6-5-11-41(24)26(44)15-36-29(47)23(14-25(34)43)39-31(49)22(38-28(46)17(3)33)13-19-7-9-20(42)10-8-19/h7-10,16-18,21-24,42H,5-6,11-15,33H2,1-4H3,(H2,34,43)(H2,35,45)(H,36,47)(H,37,48)(H,38,46)(H,39,49)(H,40,50). The fourth-order valence-corrected chi connectivity index (χ4v) is 5.14. The number of primary amides is 2. The first kappa shape index (κ1) is 40.9. The van der Waals surface area contributed by atoms with E-state index in [1.807, 2.05) is 13.8 Å². The van der Waals surface area contributed by atoms with E-state index in [-0.39, 0.29) is 37.5 Å². The van der Waals surface area contributed by atoms with Crippen LogP contribution in [0.3, 0.4) is 0 Å². The largest absolute Gasteiger partial charge is 0.508 e. The van der Waals surface area contributed by atoms with Crippen LogP contribution in [0.25, 0.3) is 0 Å². The summed E-state index contributed by atoms with van der Waals surface area (Å²) in [6.45, 7) is 6.10. The minimum absolute atomic E-state index is 0.0103. The number of carbonyl (C=O) groups excluding carboxylic acids is 8. The second kappa shape index (κ2) is 19.1. The Hall–Kier alpha value is -5.26. The normalized spacial score (nSPS) is 17.0. The minimum Gasteiger partial charge on any atom is -0.508 e. The summed E-state index contributed by atoms with van der Waals surface area (Å²) in [4.78, 5) is 103. The van der Waals surface area contributed by atoms with Crippen molar-refractivity contribution in [1.82, 2.24) is 31.5 Å². The number of likely N-dealkylation sites (tertiary alicyclic amines) is 1. The van der Waals surface area contributed by atoms with Gasteiger partial charge in [-0.2, -0.15) is 0 Å². The first-order chi connectivity index (χ1) is 23.4. The van der Waals surface area contributed by atoms with Gasteiger partial charge in [0.1, 0.15) is 36.0 Å². The lowest BCUT2D eigenvalue weighted by Gasteiger charge is -2.28. The van der Waals surface area contributed by atoms with Crippen molar-refractivity contribution in [3.8, 4) is 5.75 Å². The van der Waals surface area contributed by atoms with Crippen molar-refractivity contribution >= 4 is 47.3 Å². The Balaban J connectivity index is 2.12. The molecule has 276 valence electrons. The van der Waals surface area contributed by atoms with Gasteiger partial charge in [0.05, 0.1) is 19.0 Å². The molecule has 2 rings (SSSR count). The molecule has 1 aromatic carbocycles. The summed E-state index contributed by atoms with van der Waals surface area (Å²) < 4.78 is 0. The number of amides is 8. The molecule has 0 bridgehead atoms. The highest BCUT2D eigenvalue weighted by Gasteiger charge is 2.37. The maximum atomic E-state index is 13.3. The molecule has 18 heteroatoms. The summed E-state index contributed by atoms with van der Waals surface area (Å²) >= 11 is 0. The van der Waals surface area contributed by atoms with Crippen molar-refractivity contribution in [1.29, 1.82) is 0 Å². The number of phenolic OH excluding ortho intramolecular Hbond substituents is 1. The van der Waals surface area contributed by atoms with E-state index in [0.29, 0.717) is 12.0 Å². The molecule has 6 unspecified atom stereocenters. The molecule has 8 amide bonds. The third kappa shape index (κ3) is 13.0. The Morgan fingerprint density at radius 3 is 1.98 bits per heavy atom. The van der Waals surface area contributed by atoms with E-state index >= 15 is 0 Å². The Labute approximate surface area is 290 Å². The van der Waals surface area contributed by atoms with Crippen LogP contribution in [0.2, 0.25) is 0 Å². The molecule has 1 aliphatic rings. The van der Waals surface area contributed by atoms with E-state index in [1.54, 1.807) is 0 Å². The van der Waals surface area contributed by atoms with E-state index in [1.165, 1.54) is 43.0 Å². The molecule has 50 heavy (non-hydrogen) atoms. The molecule has 18 nitrogen and oxygen atoms in total. The molecule has 1 aromatic rings. The molecule has 6 atom stereocenters. The summed E-state index contributed by atoms with van der Waals surface area (Å²) in [7, 11) is 0. The topological polar surface area (TPSA) is 298 Å². The van der Waals surface area contributed by atoms with Crippen LogP contribution < -0.4 is 43.8 Å². The predicted octanol–water partition coefficient (Wildman–Crippen LogP) is -3.24. The van der Waals surface area contributed by atoms with Gasteiger partial charge in [-0.3, -0.25) is 38.4 Å². The van der Waals surface area contributed by atoms with Crippen molar-refractivity contribution in [2.75, 3.05) is 13.1 Å². The minimum atomic E-state index is -1.53. The second-order valence-corrected chi connectivity index (χ2v) is 12.7. The fourth-order valence-electron chi connectivity index (χ4n) is 5.14. The predicted molar refractivity (Wildman–Crippen MR) is 179 cm³/mol. The summed E-state index contributed by atoms with van der Waals surface area (Å²) in [6.07, 6.45) is 0.303. The van der Waals surface area contributed by atoms with Gasteiger partial charge in [0.25, 0.3) is 0 Å². The number of hydrogen-bond acceptors (Lipinski definition) is 10. The van der Waals surface area contributed by atoms with Crippen molar-refractivity contribution in [2.45, 2.75) is 96.1 Å². The van der Waals surface area contributed by atoms with Gasteiger partial charge in [-0.05, 0) is 56.7 Å². The lowest BCUT2D eigenvalue weighted by atomic mass is 10.0. The van der Waals surface area contributed by atoms with Crippen LogP contribution in [0.5, 0.6) is 5.75 Å². The highest BCUT2D eigenvalue weighted by Crippen LogP contribution is 2.18. The van der Waals surface area contributed by atoms with Gasteiger partial charge in [-0.15, -0.1) is 0 Å². The zero-order chi connectivity index (χ0) is 37.7. The maximum Gasteiger partial charge on any atom is 0.243 e. The fraction of sp³-hybridized carbons (Fsp3) is 0.562. The molecule has 0 aromatic heterocycles. The third-order valence-corrected chi connectivity index (χ3v) is 7.88. The van der Waals surface area contributed by atoms with Gasteiger partial charge in [-0.25, -0.2) is 0 Å². The lowest BCUT2D eigenvalue weighted by Crippen LogP contribution is -2.58. The van der Waals surface area contributed by atoms with Gasteiger partial charge in [0.15, 0.2) is 0 Å². The molecule has 1 saturated heterocycles. The molecule has 1 heterocycles. The van der Waals surface area contributed by atoms with Crippen molar-refractivity contribution < 1.29 is 43.5 Å². The number of nitrogens with one attached hydrogen (secondary N) is 5. The van der Waals surface area contributed by atoms with E-state index in [2.05, 4.69) is 26.6 Å². The first-order valence-electron chi connectivity index (χ1n) is 16.3. The number of aromatic hydroxyl groups is 1. The van der Waals surface area contributed by atoms with Crippen molar-refractivity contribution in [3.05, 3.63) is 29.8 Å². The van der Waals surface area contributed by atoms with Gasteiger partial charge >= 0.3 is 0 Å². The SMILES string of the molecule is CC(C)CC(NC(=O)C1CCCN1C(=O)CNC(=O)C(CC(N)=O)NC(=O)C(Cc1ccc(O)cc1)NC(=O)C(C)N)C(=O)NC(C)C(N)=O. The third-order valence-electron chi connectivity index (χ3n) is 7.88. The van der Waals surface area contributed by atoms with Crippen LogP contribution in [-0.2, 0) is 44.8 Å². The Morgan fingerprint density at radius 1 is 0.820 bits per heavy atom. The van der Waals surface area contributed by atoms with Gasteiger partial charge in [0.2, 0.25) is 47.3 Å². The number of nitrogens with zero attached hydrogens (tertiary/aromatic N) is 1. The van der Waals surface area contributed by atoms with Crippen LogP contribution in [0.1, 0.15) is 58.9 Å². The van der Waals surface area contributed by atoms with Crippen molar-refractivity contribution in [3.63, 3.8) is 0 Å². The average Bonchev–Trinajstić information content (AvgIpc) is 3.53. The molecule has 1 fully saturated rings. The van der Waals surface area contributed by atoms with Gasteiger partial charge < -0.3 is 53.8 Å². The Morgan fingerprint density at radius 2 is 1.42 bits per heavy atom. The van der Waals surface area contributed by atoms with Gasteiger partial charge in [0, 0.05) is 13.0 Å². The van der Waals surface area contributed by atoms with E-state index < -0.39 is 96.5 Å². The van der Waals surface area contributed by atoms with Crippen LogP contribution in [0, 0.1) is 5.92 Å². The number of rotatable bonds is 18. The number of phenols is 1. The summed E-state index contributed by atoms with van der Waals surface area (Å²) in [5.74, 6) is -5.98. The number of nitrogens with two attached hydrogens (primary N) is 3. The lowest BCUT2D eigenvalue weighted by molar-refractivity contribution is -0.140. The van der Waals surface area contributed by atoms with Crippen LogP contribution in [0.4, 0.5) is 0 Å². The van der Waals surface area contributed by atoms with Gasteiger partial charge in [-0.1, -0.05) is 26.0 Å². The van der Waals surface area contributed by atoms with E-state index in [4.69, 9.17) is 17.2 Å². The monoisotopic (exact) mass is 703 g/mol. The highest BCUT2D eigenvalue weighted by atomic mass is 16.3. The molecule has 12 N–H and O–H groups in total. The highest BCUT2D eigenvalue weighted by molar-refractivity contribution is 5.97. The molecular weight excluding hydrogens is 654 g/mol.